The fraction of sp³-hybridized carbons (Fsp3) is 0.121. The number of amides is 1. The maximum Gasteiger partial charge on any atom is 0.573 e. The molecule has 0 radical (unpaired) electrons. The summed E-state index contributed by atoms with van der Waals surface area (Å²) in [4.78, 5) is 21.6. The SMILES string of the molecule is Cc1ccc(CNc2ccccc2)cc1NC(=O)c1ccc(Nc2ncc(C)c(-c3ccc(OC(F)(F)F)cc3)n2)c(F)c1. The van der Waals surface area contributed by atoms with Gasteiger partial charge in [0.2, 0.25) is 5.95 Å². The maximum absolute atomic E-state index is 15.1. The molecule has 0 aliphatic carbocycles. The minimum atomic E-state index is -4.80. The molecule has 5 rings (SSSR count). The Morgan fingerprint density at radius 2 is 1.61 bits per heavy atom. The van der Waals surface area contributed by atoms with Crippen molar-refractivity contribution in [3.05, 3.63) is 125 Å². The van der Waals surface area contributed by atoms with Crippen LogP contribution in [0.4, 0.5) is 40.6 Å². The van der Waals surface area contributed by atoms with Gasteiger partial charge in [0.1, 0.15) is 11.6 Å². The first-order valence-corrected chi connectivity index (χ1v) is 13.5. The summed E-state index contributed by atoms with van der Waals surface area (Å²) < 4.78 is 56.5. The van der Waals surface area contributed by atoms with Crippen LogP contribution < -0.4 is 20.7 Å². The zero-order valence-corrected chi connectivity index (χ0v) is 23.7. The molecule has 1 amide bonds. The molecule has 44 heavy (non-hydrogen) atoms. The van der Waals surface area contributed by atoms with Crippen LogP contribution in [0.1, 0.15) is 27.0 Å². The van der Waals surface area contributed by atoms with Gasteiger partial charge in [-0.3, -0.25) is 4.79 Å². The molecule has 1 aromatic heterocycles. The van der Waals surface area contributed by atoms with Crippen molar-refractivity contribution in [2.45, 2.75) is 26.8 Å². The molecular formula is C33H27F4N5O2. The van der Waals surface area contributed by atoms with Gasteiger partial charge in [0.25, 0.3) is 5.91 Å². The molecule has 1 heterocycles. The first-order valence-electron chi connectivity index (χ1n) is 13.5. The molecule has 0 atom stereocenters. The monoisotopic (exact) mass is 601 g/mol. The van der Waals surface area contributed by atoms with Gasteiger partial charge in [0.15, 0.2) is 0 Å². The van der Waals surface area contributed by atoms with Gasteiger partial charge >= 0.3 is 6.36 Å². The number of hydrogen-bond donors (Lipinski definition) is 3. The van der Waals surface area contributed by atoms with E-state index < -0.39 is 18.1 Å². The van der Waals surface area contributed by atoms with Gasteiger partial charge in [-0.25, -0.2) is 14.4 Å². The second-order valence-electron chi connectivity index (χ2n) is 9.94. The molecule has 0 bridgehead atoms. The van der Waals surface area contributed by atoms with Crippen LogP contribution in [0, 0.1) is 19.7 Å². The lowest BCUT2D eigenvalue weighted by Crippen LogP contribution is -2.16. The van der Waals surface area contributed by atoms with Crippen molar-refractivity contribution in [1.29, 1.82) is 0 Å². The molecule has 0 saturated heterocycles. The summed E-state index contributed by atoms with van der Waals surface area (Å²) >= 11 is 0. The summed E-state index contributed by atoms with van der Waals surface area (Å²) in [5, 5.41) is 8.99. The third kappa shape index (κ3) is 7.68. The molecule has 11 heteroatoms. The molecule has 0 fully saturated rings. The Morgan fingerprint density at radius 3 is 2.32 bits per heavy atom. The molecule has 4 aromatic carbocycles. The van der Waals surface area contributed by atoms with Gasteiger partial charge in [-0.1, -0.05) is 30.3 Å². The van der Waals surface area contributed by atoms with E-state index in [9.17, 15) is 18.0 Å². The number of halogens is 4. The first kappa shape index (κ1) is 30.0. The summed E-state index contributed by atoms with van der Waals surface area (Å²) in [6.07, 6.45) is -3.29. The molecule has 5 aromatic rings. The van der Waals surface area contributed by atoms with E-state index >= 15 is 4.39 Å². The minimum absolute atomic E-state index is 0.0374. The third-order valence-corrected chi connectivity index (χ3v) is 6.63. The van der Waals surface area contributed by atoms with Gasteiger partial charge in [-0.15, -0.1) is 13.2 Å². The van der Waals surface area contributed by atoms with Gasteiger partial charge in [0.05, 0.1) is 11.4 Å². The fourth-order valence-electron chi connectivity index (χ4n) is 4.36. The van der Waals surface area contributed by atoms with E-state index in [0.717, 1.165) is 22.9 Å². The number of anilines is 4. The topological polar surface area (TPSA) is 88.2 Å². The number of rotatable bonds is 9. The van der Waals surface area contributed by atoms with Crippen molar-refractivity contribution in [3.63, 3.8) is 0 Å². The van der Waals surface area contributed by atoms with E-state index in [1.54, 1.807) is 6.92 Å². The smallest absolute Gasteiger partial charge is 0.406 e. The summed E-state index contributed by atoms with van der Waals surface area (Å²) in [6, 6.07) is 24.7. The van der Waals surface area contributed by atoms with Gasteiger partial charge in [-0.2, -0.15) is 0 Å². The summed E-state index contributed by atoms with van der Waals surface area (Å²) in [7, 11) is 0. The number of carbonyl (C=O) groups is 1. The van der Waals surface area contributed by atoms with Crippen LogP contribution in [0.15, 0.2) is 97.2 Å². The van der Waals surface area contributed by atoms with Crippen LogP contribution in [-0.2, 0) is 6.54 Å². The highest BCUT2D eigenvalue weighted by Crippen LogP contribution is 2.29. The van der Waals surface area contributed by atoms with E-state index in [-0.39, 0.29) is 22.9 Å². The molecule has 0 aliphatic rings. The number of nitrogens with one attached hydrogen (secondary N) is 3. The first-order chi connectivity index (χ1) is 21.0. The van der Waals surface area contributed by atoms with Crippen LogP contribution in [0.25, 0.3) is 11.3 Å². The largest absolute Gasteiger partial charge is 0.573 e. The van der Waals surface area contributed by atoms with Gasteiger partial charge in [-0.05, 0) is 91.2 Å². The zero-order valence-electron chi connectivity index (χ0n) is 23.7. The van der Waals surface area contributed by atoms with Gasteiger partial charge in [0, 0.05) is 35.2 Å². The van der Waals surface area contributed by atoms with Crippen LogP contribution in [0.2, 0.25) is 0 Å². The van der Waals surface area contributed by atoms with Crippen molar-refractivity contribution in [2.75, 3.05) is 16.0 Å². The third-order valence-electron chi connectivity index (χ3n) is 6.63. The Morgan fingerprint density at radius 1 is 0.864 bits per heavy atom. The Bertz CT molecular complexity index is 1780. The van der Waals surface area contributed by atoms with Crippen molar-refractivity contribution in [3.8, 4) is 17.0 Å². The second-order valence-corrected chi connectivity index (χ2v) is 9.94. The lowest BCUT2D eigenvalue weighted by molar-refractivity contribution is -0.274. The number of hydrogen-bond acceptors (Lipinski definition) is 6. The zero-order chi connectivity index (χ0) is 31.3. The summed E-state index contributed by atoms with van der Waals surface area (Å²) in [6.45, 7) is 4.17. The Hall–Kier alpha value is -5.45. The van der Waals surface area contributed by atoms with E-state index in [1.165, 1.54) is 42.6 Å². The number of para-hydroxylation sites is 1. The van der Waals surface area contributed by atoms with E-state index in [4.69, 9.17) is 0 Å². The standard InChI is InChI=1S/C33H27F4N5O2/c1-20-8-9-22(19-38-25-6-4-3-5-7-25)16-29(20)40-31(43)24-12-15-28(27(34)17-24)41-32-39-18-21(2)30(42-32)23-10-13-26(14-11-23)44-33(35,36)37/h3-18,38H,19H2,1-2H3,(H,40,43)(H,39,41,42). The molecule has 0 spiro atoms. The number of aryl methyl sites for hydroxylation is 2. The number of alkyl halides is 3. The molecule has 224 valence electrons. The van der Waals surface area contributed by atoms with E-state index in [1.807, 2.05) is 55.5 Å². The van der Waals surface area contributed by atoms with Gasteiger partial charge < -0.3 is 20.7 Å². The Labute approximate surface area is 251 Å². The lowest BCUT2D eigenvalue weighted by atomic mass is 10.1. The molecule has 0 unspecified atom stereocenters. The Balaban J connectivity index is 1.26. The minimum Gasteiger partial charge on any atom is -0.406 e. The lowest BCUT2D eigenvalue weighted by Gasteiger charge is -2.13. The molecule has 3 N–H and O–H groups in total. The van der Waals surface area contributed by atoms with Crippen LogP contribution >= 0.6 is 0 Å². The normalized spacial score (nSPS) is 11.1. The number of carbonyl (C=O) groups excluding carboxylic acids is 1. The highest BCUT2D eigenvalue weighted by Gasteiger charge is 2.31. The number of benzene rings is 4. The van der Waals surface area contributed by atoms with Crippen molar-refractivity contribution >= 4 is 28.9 Å². The van der Waals surface area contributed by atoms with Crippen molar-refractivity contribution in [1.82, 2.24) is 9.97 Å². The number of ether oxygens (including phenoxy) is 1. The molecule has 7 nitrogen and oxygen atoms in total. The predicted molar refractivity (Wildman–Crippen MR) is 161 cm³/mol. The second kappa shape index (κ2) is 12.8. The summed E-state index contributed by atoms with van der Waals surface area (Å²) in [5.74, 6) is -1.47. The van der Waals surface area contributed by atoms with Crippen molar-refractivity contribution in [2.24, 2.45) is 0 Å². The van der Waals surface area contributed by atoms with Crippen molar-refractivity contribution < 1.29 is 27.1 Å². The summed E-state index contributed by atoms with van der Waals surface area (Å²) in [5.41, 5.74) is 5.18. The quantitative estimate of drug-likeness (QED) is 0.147. The predicted octanol–water partition coefficient (Wildman–Crippen LogP) is 8.41. The molecular weight excluding hydrogens is 574 g/mol. The van der Waals surface area contributed by atoms with E-state index in [0.29, 0.717) is 29.1 Å². The van der Waals surface area contributed by atoms with Crippen LogP contribution in [-0.4, -0.2) is 22.2 Å². The number of aromatic nitrogens is 2. The van der Waals surface area contributed by atoms with Crippen LogP contribution in [0.5, 0.6) is 5.75 Å². The maximum atomic E-state index is 15.1. The molecule has 0 saturated carbocycles. The van der Waals surface area contributed by atoms with E-state index in [2.05, 4.69) is 30.7 Å². The Kier molecular flexibility index (Phi) is 8.75. The van der Waals surface area contributed by atoms with Crippen LogP contribution in [0.3, 0.4) is 0 Å². The highest BCUT2D eigenvalue weighted by atomic mass is 19.4. The average molecular weight is 602 g/mol. The fourth-order valence-corrected chi connectivity index (χ4v) is 4.36. The average Bonchev–Trinajstić information content (AvgIpc) is 2.99. The molecule has 0 aliphatic heterocycles. The number of nitrogens with zero attached hydrogens (tertiary/aromatic N) is 2. The highest BCUT2D eigenvalue weighted by molar-refractivity contribution is 6.05.